The number of aromatic nitrogens is 2. The van der Waals surface area contributed by atoms with Crippen molar-refractivity contribution in [2.45, 2.75) is 23.6 Å². The average Bonchev–Trinajstić information content (AvgIpc) is 2.94. The Morgan fingerprint density at radius 2 is 1.53 bits per heavy atom. The molecule has 5 nitrogen and oxygen atoms in total. The molecule has 1 aromatic heterocycles. The number of carbonyl (C=O) groups is 1. The predicted octanol–water partition coefficient (Wildman–Crippen LogP) is 4.90. The molecule has 4 aromatic rings. The second-order valence-electron chi connectivity index (χ2n) is 7.42. The normalized spacial score (nSPS) is 11.1. The number of anilines is 1. The number of hydrogen-bond acceptors (Lipinski definition) is 3. The van der Waals surface area contributed by atoms with E-state index in [9.17, 15) is 9.59 Å². The zero-order valence-electron chi connectivity index (χ0n) is 17.4. The molecule has 4 rings (SSSR count). The average molecular weight is 418 g/mol. The van der Waals surface area contributed by atoms with Gasteiger partial charge in [0.15, 0.2) is 0 Å². The van der Waals surface area contributed by atoms with Gasteiger partial charge in [-0.15, -0.1) is 0 Å². The molecule has 1 N–H and O–H groups in total. The Kier molecular flexibility index (Phi) is 5.26. The Morgan fingerprint density at radius 1 is 0.900 bits per heavy atom. The fourth-order valence-corrected chi connectivity index (χ4v) is 4.38. The summed E-state index contributed by atoms with van der Waals surface area (Å²) < 4.78 is 3.22. The maximum Gasteiger partial charge on any atom is 0.328 e. The smallest absolute Gasteiger partial charge is 0.321 e. The molecule has 30 heavy (non-hydrogen) atoms. The Morgan fingerprint density at radius 3 is 2.20 bits per heavy atom. The number of imidazole rings is 1. The third-order valence-electron chi connectivity index (χ3n) is 5.26. The predicted molar refractivity (Wildman–Crippen MR) is 123 cm³/mol. The van der Waals surface area contributed by atoms with Crippen molar-refractivity contribution >= 4 is 34.4 Å². The lowest BCUT2D eigenvalue weighted by atomic mass is 10.1. The van der Waals surface area contributed by atoms with E-state index in [0.29, 0.717) is 11.3 Å². The van der Waals surface area contributed by atoms with Crippen LogP contribution in [0.1, 0.15) is 21.5 Å². The molecule has 6 heteroatoms. The Hall–Kier alpha value is -3.25. The zero-order chi connectivity index (χ0) is 21.4. The molecule has 0 radical (unpaired) electrons. The second-order valence-corrected chi connectivity index (χ2v) is 8.54. The SMILES string of the molecule is Cc1ccc(Sc2cc3c(cc2NC(=O)c2ccccc2C)n(C)c(=O)n3C)cc1. The third-order valence-corrected chi connectivity index (χ3v) is 6.33. The Bertz CT molecular complexity index is 1320. The van der Waals surface area contributed by atoms with Crippen LogP contribution in [0.5, 0.6) is 0 Å². The van der Waals surface area contributed by atoms with Crippen molar-refractivity contribution in [2.24, 2.45) is 14.1 Å². The monoisotopic (exact) mass is 417 g/mol. The fourth-order valence-electron chi connectivity index (χ4n) is 3.46. The Balaban J connectivity index is 1.82. The highest BCUT2D eigenvalue weighted by atomic mass is 32.2. The number of aryl methyl sites for hydroxylation is 4. The number of fused-ring (bicyclic) bond motifs is 1. The van der Waals surface area contributed by atoms with E-state index in [-0.39, 0.29) is 11.6 Å². The van der Waals surface area contributed by atoms with Crippen molar-refractivity contribution in [3.05, 3.63) is 87.8 Å². The van der Waals surface area contributed by atoms with Crippen LogP contribution in [0.4, 0.5) is 5.69 Å². The molecule has 0 aliphatic heterocycles. The van der Waals surface area contributed by atoms with Crippen LogP contribution in [0.3, 0.4) is 0 Å². The molecule has 0 saturated heterocycles. The molecule has 1 amide bonds. The quantitative estimate of drug-likeness (QED) is 0.514. The summed E-state index contributed by atoms with van der Waals surface area (Å²) in [5, 5.41) is 3.06. The van der Waals surface area contributed by atoms with Crippen LogP contribution >= 0.6 is 11.8 Å². The number of nitrogens with one attached hydrogen (secondary N) is 1. The zero-order valence-corrected chi connectivity index (χ0v) is 18.2. The summed E-state index contributed by atoms with van der Waals surface area (Å²) in [6.07, 6.45) is 0. The van der Waals surface area contributed by atoms with Crippen molar-refractivity contribution in [2.75, 3.05) is 5.32 Å². The van der Waals surface area contributed by atoms with Gasteiger partial charge in [-0.3, -0.25) is 13.9 Å². The molecule has 0 bridgehead atoms. The molecule has 0 fully saturated rings. The van der Waals surface area contributed by atoms with Gasteiger partial charge in [0.2, 0.25) is 0 Å². The van der Waals surface area contributed by atoms with E-state index in [1.165, 1.54) is 5.56 Å². The van der Waals surface area contributed by atoms with Crippen LogP contribution in [0.2, 0.25) is 0 Å². The maximum atomic E-state index is 13.0. The molecule has 3 aromatic carbocycles. The fraction of sp³-hybridized carbons (Fsp3) is 0.167. The maximum absolute atomic E-state index is 13.0. The van der Waals surface area contributed by atoms with Crippen molar-refractivity contribution in [3.63, 3.8) is 0 Å². The highest BCUT2D eigenvalue weighted by molar-refractivity contribution is 7.99. The number of nitrogens with zero attached hydrogens (tertiary/aromatic N) is 2. The van der Waals surface area contributed by atoms with Crippen LogP contribution in [0.25, 0.3) is 11.0 Å². The summed E-state index contributed by atoms with van der Waals surface area (Å²) in [6, 6.07) is 19.6. The summed E-state index contributed by atoms with van der Waals surface area (Å²) in [4.78, 5) is 27.4. The van der Waals surface area contributed by atoms with Gasteiger partial charge in [0, 0.05) is 29.4 Å². The number of rotatable bonds is 4. The van der Waals surface area contributed by atoms with E-state index in [1.54, 1.807) is 35.0 Å². The van der Waals surface area contributed by atoms with E-state index in [2.05, 4.69) is 29.6 Å². The van der Waals surface area contributed by atoms with Crippen LogP contribution in [0.15, 0.2) is 75.2 Å². The molecular formula is C24H23N3O2S. The third kappa shape index (κ3) is 3.66. The van der Waals surface area contributed by atoms with Crippen molar-refractivity contribution in [3.8, 4) is 0 Å². The minimum atomic E-state index is -0.167. The summed E-state index contributed by atoms with van der Waals surface area (Å²) >= 11 is 1.56. The van der Waals surface area contributed by atoms with Gasteiger partial charge in [0.1, 0.15) is 0 Å². The topological polar surface area (TPSA) is 56.0 Å². The first-order valence-corrected chi connectivity index (χ1v) is 10.5. The van der Waals surface area contributed by atoms with E-state index in [1.807, 2.05) is 50.2 Å². The van der Waals surface area contributed by atoms with E-state index < -0.39 is 0 Å². The lowest BCUT2D eigenvalue weighted by Crippen LogP contribution is -2.19. The van der Waals surface area contributed by atoms with Crippen LogP contribution in [0, 0.1) is 13.8 Å². The molecule has 0 spiro atoms. The molecule has 0 aliphatic rings. The standard InChI is InChI=1S/C24H23N3O2S/c1-15-9-11-17(12-10-15)30-22-14-21-20(26(3)24(29)27(21)4)13-19(22)25-23(28)18-8-6-5-7-16(18)2/h5-14H,1-4H3,(H,25,28). The minimum absolute atomic E-state index is 0.0985. The van der Waals surface area contributed by atoms with E-state index >= 15 is 0 Å². The van der Waals surface area contributed by atoms with Gasteiger partial charge < -0.3 is 5.32 Å². The molecule has 0 unspecified atom stereocenters. The summed E-state index contributed by atoms with van der Waals surface area (Å²) in [6.45, 7) is 3.97. The van der Waals surface area contributed by atoms with Gasteiger partial charge in [-0.25, -0.2) is 4.79 Å². The van der Waals surface area contributed by atoms with Gasteiger partial charge in [-0.05, 0) is 49.7 Å². The van der Waals surface area contributed by atoms with Gasteiger partial charge in [-0.1, -0.05) is 47.7 Å². The number of benzene rings is 3. The summed E-state index contributed by atoms with van der Waals surface area (Å²) in [7, 11) is 3.50. The largest absolute Gasteiger partial charge is 0.328 e. The number of carbonyl (C=O) groups excluding carboxylic acids is 1. The summed E-state index contributed by atoms with van der Waals surface area (Å²) in [5.41, 5.74) is 4.91. The van der Waals surface area contributed by atoms with Crippen molar-refractivity contribution in [1.82, 2.24) is 9.13 Å². The second kappa shape index (κ2) is 7.88. The number of amides is 1. The number of hydrogen-bond donors (Lipinski definition) is 1. The van der Waals surface area contributed by atoms with E-state index in [4.69, 9.17) is 0 Å². The molecule has 0 saturated carbocycles. The first kappa shape index (κ1) is 20.0. The molecule has 152 valence electrons. The van der Waals surface area contributed by atoms with Crippen molar-refractivity contribution < 1.29 is 4.79 Å². The highest BCUT2D eigenvalue weighted by Gasteiger charge is 2.16. The molecule has 0 aliphatic carbocycles. The van der Waals surface area contributed by atoms with Crippen molar-refractivity contribution in [1.29, 1.82) is 0 Å². The molecule has 0 atom stereocenters. The van der Waals surface area contributed by atoms with Gasteiger partial charge in [-0.2, -0.15) is 0 Å². The summed E-state index contributed by atoms with van der Waals surface area (Å²) in [5.74, 6) is -0.167. The molecular weight excluding hydrogens is 394 g/mol. The lowest BCUT2D eigenvalue weighted by Gasteiger charge is -2.13. The first-order chi connectivity index (χ1) is 14.3. The first-order valence-electron chi connectivity index (χ1n) is 9.66. The van der Waals surface area contributed by atoms with Crippen LogP contribution in [-0.4, -0.2) is 15.0 Å². The Labute approximate surface area is 179 Å². The minimum Gasteiger partial charge on any atom is -0.321 e. The van der Waals surface area contributed by atoms with Crippen LogP contribution < -0.4 is 11.0 Å². The van der Waals surface area contributed by atoms with Crippen LogP contribution in [-0.2, 0) is 14.1 Å². The van der Waals surface area contributed by atoms with E-state index in [0.717, 1.165) is 26.4 Å². The molecule has 1 heterocycles. The highest BCUT2D eigenvalue weighted by Crippen LogP contribution is 2.36. The van der Waals surface area contributed by atoms with Gasteiger partial charge >= 0.3 is 5.69 Å². The lowest BCUT2D eigenvalue weighted by molar-refractivity contribution is 0.102. The van der Waals surface area contributed by atoms with Gasteiger partial charge in [0.25, 0.3) is 5.91 Å². The van der Waals surface area contributed by atoms with Gasteiger partial charge in [0.05, 0.1) is 16.7 Å².